The SMILES string of the molecule is COc1ccc2c(c1)NC(=O)OC2(C)C. The van der Waals surface area contributed by atoms with E-state index in [1.165, 1.54) is 0 Å². The first-order valence-electron chi connectivity index (χ1n) is 4.71. The molecule has 1 aliphatic rings. The number of fused-ring (bicyclic) bond motifs is 1. The standard InChI is InChI=1S/C11H13NO3/c1-11(2)8-5-4-7(14-3)6-9(8)12-10(13)15-11/h4-6H,1-3H3,(H,12,13). The average molecular weight is 207 g/mol. The van der Waals surface area contributed by atoms with Crippen molar-refractivity contribution in [3.8, 4) is 5.75 Å². The van der Waals surface area contributed by atoms with Crippen molar-refractivity contribution in [3.63, 3.8) is 0 Å². The van der Waals surface area contributed by atoms with Crippen LogP contribution in [0.2, 0.25) is 0 Å². The lowest BCUT2D eigenvalue weighted by Gasteiger charge is -2.32. The minimum absolute atomic E-state index is 0.430. The molecule has 2 rings (SSSR count). The van der Waals surface area contributed by atoms with Crippen LogP contribution < -0.4 is 10.1 Å². The molecule has 0 aliphatic carbocycles. The summed E-state index contributed by atoms with van der Waals surface area (Å²) in [5, 5.41) is 2.65. The second kappa shape index (κ2) is 3.15. The molecule has 1 aromatic carbocycles. The summed E-state index contributed by atoms with van der Waals surface area (Å²) < 4.78 is 10.3. The molecular formula is C11H13NO3. The van der Waals surface area contributed by atoms with E-state index in [1.807, 2.05) is 26.0 Å². The van der Waals surface area contributed by atoms with Crippen molar-refractivity contribution in [2.24, 2.45) is 0 Å². The summed E-state index contributed by atoms with van der Waals surface area (Å²) >= 11 is 0. The van der Waals surface area contributed by atoms with E-state index in [0.29, 0.717) is 5.75 Å². The van der Waals surface area contributed by atoms with Crippen LogP contribution in [0, 0.1) is 0 Å². The Morgan fingerprint density at radius 3 is 2.80 bits per heavy atom. The molecule has 4 nitrogen and oxygen atoms in total. The fourth-order valence-electron chi connectivity index (χ4n) is 1.70. The Morgan fingerprint density at radius 1 is 1.40 bits per heavy atom. The lowest BCUT2D eigenvalue weighted by atomic mass is 9.95. The largest absolute Gasteiger partial charge is 0.497 e. The van der Waals surface area contributed by atoms with Gasteiger partial charge >= 0.3 is 6.09 Å². The lowest BCUT2D eigenvalue weighted by Crippen LogP contribution is -2.34. The van der Waals surface area contributed by atoms with Gasteiger partial charge < -0.3 is 9.47 Å². The van der Waals surface area contributed by atoms with Crippen molar-refractivity contribution in [2.45, 2.75) is 19.4 Å². The van der Waals surface area contributed by atoms with E-state index in [9.17, 15) is 4.79 Å². The number of hydrogen-bond donors (Lipinski definition) is 1. The summed E-state index contributed by atoms with van der Waals surface area (Å²) in [5.74, 6) is 0.715. The lowest BCUT2D eigenvalue weighted by molar-refractivity contribution is 0.0420. The maximum absolute atomic E-state index is 11.3. The Kier molecular flexibility index (Phi) is 2.07. The summed E-state index contributed by atoms with van der Waals surface area (Å²) in [4.78, 5) is 11.3. The van der Waals surface area contributed by atoms with Gasteiger partial charge in [-0.1, -0.05) is 0 Å². The predicted octanol–water partition coefficient (Wildman–Crippen LogP) is 2.49. The zero-order valence-corrected chi connectivity index (χ0v) is 8.96. The molecule has 0 saturated carbocycles. The van der Waals surface area contributed by atoms with Gasteiger partial charge in [0.15, 0.2) is 0 Å². The second-order valence-corrected chi connectivity index (χ2v) is 3.94. The van der Waals surface area contributed by atoms with Crippen LogP contribution in [-0.4, -0.2) is 13.2 Å². The third-order valence-corrected chi connectivity index (χ3v) is 2.46. The van der Waals surface area contributed by atoms with E-state index in [2.05, 4.69) is 5.32 Å². The van der Waals surface area contributed by atoms with Gasteiger partial charge in [0.05, 0.1) is 12.8 Å². The predicted molar refractivity (Wildman–Crippen MR) is 56.1 cm³/mol. The Labute approximate surface area is 88.2 Å². The minimum Gasteiger partial charge on any atom is -0.497 e. The molecule has 0 radical (unpaired) electrons. The number of benzene rings is 1. The molecule has 1 amide bonds. The molecule has 0 unspecified atom stereocenters. The number of carbonyl (C=O) groups excluding carboxylic acids is 1. The molecule has 0 spiro atoms. The van der Waals surface area contributed by atoms with Crippen LogP contribution in [0.5, 0.6) is 5.75 Å². The molecule has 15 heavy (non-hydrogen) atoms. The van der Waals surface area contributed by atoms with Gasteiger partial charge in [-0.15, -0.1) is 0 Å². The van der Waals surface area contributed by atoms with E-state index in [1.54, 1.807) is 13.2 Å². The maximum atomic E-state index is 11.3. The quantitative estimate of drug-likeness (QED) is 0.769. The molecule has 1 heterocycles. The van der Waals surface area contributed by atoms with Gasteiger partial charge in [-0.25, -0.2) is 4.79 Å². The summed E-state index contributed by atoms with van der Waals surface area (Å²) in [6, 6.07) is 5.53. The second-order valence-electron chi connectivity index (χ2n) is 3.94. The number of ether oxygens (including phenoxy) is 2. The number of methoxy groups -OCH3 is 1. The zero-order chi connectivity index (χ0) is 11.1. The van der Waals surface area contributed by atoms with Gasteiger partial charge in [-0.05, 0) is 26.0 Å². The highest BCUT2D eigenvalue weighted by atomic mass is 16.6. The topological polar surface area (TPSA) is 47.6 Å². The highest BCUT2D eigenvalue weighted by Gasteiger charge is 2.33. The van der Waals surface area contributed by atoms with Gasteiger partial charge in [0.25, 0.3) is 0 Å². The van der Waals surface area contributed by atoms with Gasteiger partial charge in [0, 0.05) is 11.6 Å². The van der Waals surface area contributed by atoms with E-state index in [0.717, 1.165) is 11.3 Å². The maximum Gasteiger partial charge on any atom is 0.412 e. The number of amides is 1. The normalized spacial score (nSPS) is 17.4. The summed E-state index contributed by atoms with van der Waals surface area (Å²) in [5.41, 5.74) is 1.10. The molecule has 0 atom stereocenters. The molecule has 4 heteroatoms. The molecular weight excluding hydrogens is 194 g/mol. The zero-order valence-electron chi connectivity index (χ0n) is 8.96. The number of carbonyl (C=O) groups is 1. The summed E-state index contributed by atoms with van der Waals surface area (Å²) in [6.45, 7) is 3.72. The highest BCUT2D eigenvalue weighted by Crippen LogP contribution is 2.37. The van der Waals surface area contributed by atoms with Gasteiger partial charge in [0.2, 0.25) is 0 Å². The molecule has 0 fully saturated rings. The van der Waals surface area contributed by atoms with E-state index in [-0.39, 0.29) is 0 Å². The van der Waals surface area contributed by atoms with Gasteiger partial charge in [-0.3, -0.25) is 5.32 Å². The fourth-order valence-corrected chi connectivity index (χ4v) is 1.70. The first-order chi connectivity index (χ1) is 7.03. The van der Waals surface area contributed by atoms with Crippen molar-refractivity contribution in [1.82, 2.24) is 0 Å². The average Bonchev–Trinajstić information content (AvgIpc) is 2.15. The molecule has 80 valence electrons. The minimum atomic E-state index is -0.593. The molecule has 0 saturated heterocycles. The first-order valence-corrected chi connectivity index (χ1v) is 4.71. The number of nitrogens with one attached hydrogen (secondary N) is 1. The Balaban J connectivity index is 2.52. The van der Waals surface area contributed by atoms with E-state index >= 15 is 0 Å². The van der Waals surface area contributed by atoms with Crippen LogP contribution in [-0.2, 0) is 10.3 Å². The highest BCUT2D eigenvalue weighted by molar-refractivity contribution is 5.89. The third kappa shape index (κ3) is 1.63. The third-order valence-electron chi connectivity index (χ3n) is 2.46. The Bertz CT molecular complexity index is 412. The summed E-state index contributed by atoms with van der Waals surface area (Å²) in [6.07, 6.45) is -0.430. The number of anilines is 1. The number of hydrogen-bond acceptors (Lipinski definition) is 3. The van der Waals surface area contributed by atoms with E-state index in [4.69, 9.17) is 9.47 Å². The summed E-state index contributed by atoms with van der Waals surface area (Å²) in [7, 11) is 1.59. The van der Waals surface area contributed by atoms with Crippen LogP contribution in [0.25, 0.3) is 0 Å². The van der Waals surface area contributed by atoms with Crippen LogP contribution in [0.1, 0.15) is 19.4 Å². The molecule has 1 aliphatic heterocycles. The van der Waals surface area contributed by atoms with E-state index < -0.39 is 11.7 Å². The van der Waals surface area contributed by atoms with Crippen molar-refractivity contribution in [3.05, 3.63) is 23.8 Å². The Morgan fingerprint density at radius 2 is 2.13 bits per heavy atom. The molecule has 0 bridgehead atoms. The van der Waals surface area contributed by atoms with Crippen molar-refractivity contribution in [2.75, 3.05) is 12.4 Å². The number of cyclic esters (lactones) is 1. The molecule has 1 N–H and O–H groups in total. The van der Waals surface area contributed by atoms with Gasteiger partial charge in [0.1, 0.15) is 11.4 Å². The van der Waals surface area contributed by atoms with Crippen molar-refractivity contribution >= 4 is 11.8 Å². The van der Waals surface area contributed by atoms with Crippen LogP contribution in [0.3, 0.4) is 0 Å². The monoisotopic (exact) mass is 207 g/mol. The van der Waals surface area contributed by atoms with Crippen LogP contribution in [0.15, 0.2) is 18.2 Å². The smallest absolute Gasteiger partial charge is 0.412 e. The van der Waals surface area contributed by atoms with Crippen LogP contribution >= 0.6 is 0 Å². The number of rotatable bonds is 1. The molecule has 0 aromatic heterocycles. The van der Waals surface area contributed by atoms with Crippen molar-refractivity contribution in [1.29, 1.82) is 0 Å². The Hall–Kier alpha value is -1.71. The van der Waals surface area contributed by atoms with Crippen LogP contribution in [0.4, 0.5) is 10.5 Å². The molecule has 1 aromatic rings. The van der Waals surface area contributed by atoms with Gasteiger partial charge in [-0.2, -0.15) is 0 Å². The van der Waals surface area contributed by atoms with Crippen molar-refractivity contribution < 1.29 is 14.3 Å². The first kappa shape index (κ1) is 9.83. The fraction of sp³-hybridized carbons (Fsp3) is 0.364.